The number of nitrogens with one attached hydrogen (secondary N) is 2. The maximum atomic E-state index is 12.6. The Morgan fingerprint density at radius 3 is 2.44 bits per heavy atom. The summed E-state index contributed by atoms with van der Waals surface area (Å²) in [5.74, 6) is 0.642. The number of carbonyl (C=O) groups excluding carboxylic acids is 1. The monoisotopic (exact) mass is 392 g/mol. The van der Waals surface area contributed by atoms with Crippen molar-refractivity contribution >= 4 is 21.6 Å². The van der Waals surface area contributed by atoms with Gasteiger partial charge in [-0.2, -0.15) is 0 Å². The van der Waals surface area contributed by atoms with E-state index in [0.29, 0.717) is 34.9 Å². The fourth-order valence-electron chi connectivity index (χ4n) is 2.56. The Bertz CT molecular complexity index is 926. The molecule has 0 unspecified atom stereocenters. The lowest BCUT2D eigenvalue weighted by Gasteiger charge is -2.14. The third-order valence-electron chi connectivity index (χ3n) is 3.87. The number of para-hydroxylation sites is 2. The molecule has 2 aromatic carbocycles. The summed E-state index contributed by atoms with van der Waals surface area (Å²) in [6.45, 7) is 5.33. The standard InChI is InChI=1S/C19H24N2O5S/c1-5-26-16-9-7-6-8-15(16)21-19(22)12-20-27(23,24)18-11-13(2)17(25-4)10-14(18)3/h6-11,20H,5,12H2,1-4H3,(H,21,22). The normalized spacial score (nSPS) is 11.1. The Kier molecular flexibility index (Phi) is 6.81. The number of sulfonamides is 1. The minimum atomic E-state index is -3.84. The first kappa shape index (κ1) is 20.7. The number of hydrogen-bond acceptors (Lipinski definition) is 5. The Morgan fingerprint density at radius 2 is 1.78 bits per heavy atom. The summed E-state index contributed by atoms with van der Waals surface area (Å²) >= 11 is 0. The van der Waals surface area contributed by atoms with Crippen molar-refractivity contribution in [2.24, 2.45) is 0 Å². The van der Waals surface area contributed by atoms with Crippen LogP contribution in [-0.2, 0) is 14.8 Å². The fraction of sp³-hybridized carbons (Fsp3) is 0.316. The van der Waals surface area contributed by atoms with Crippen molar-refractivity contribution in [3.63, 3.8) is 0 Å². The van der Waals surface area contributed by atoms with Gasteiger partial charge in [0.2, 0.25) is 15.9 Å². The van der Waals surface area contributed by atoms with E-state index in [4.69, 9.17) is 9.47 Å². The SMILES string of the molecule is CCOc1ccccc1NC(=O)CNS(=O)(=O)c1cc(C)c(OC)cc1C. The molecule has 0 aliphatic carbocycles. The Morgan fingerprint density at radius 1 is 1.07 bits per heavy atom. The van der Waals surface area contributed by atoms with Crippen molar-refractivity contribution in [3.05, 3.63) is 47.5 Å². The summed E-state index contributed by atoms with van der Waals surface area (Å²) in [7, 11) is -2.32. The molecule has 1 amide bonds. The van der Waals surface area contributed by atoms with E-state index in [0.717, 1.165) is 0 Å². The van der Waals surface area contributed by atoms with Crippen LogP contribution in [0, 0.1) is 13.8 Å². The van der Waals surface area contributed by atoms with Gasteiger partial charge in [-0.1, -0.05) is 12.1 Å². The number of anilines is 1. The number of benzene rings is 2. The second-order valence-electron chi connectivity index (χ2n) is 5.89. The van der Waals surface area contributed by atoms with E-state index in [1.807, 2.05) is 6.92 Å². The van der Waals surface area contributed by atoms with E-state index in [1.54, 1.807) is 44.2 Å². The number of aryl methyl sites for hydroxylation is 2. The van der Waals surface area contributed by atoms with Gasteiger partial charge in [0, 0.05) is 0 Å². The molecule has 2 rings (SSSR count). The van der Waals surface area contributed by atoms with Crippen LogP contribution in [0.5, 0.6) is 11.5 Å². The predicted molar refractivity (Wildman–Crippen MR) is 104 cm³/mol. The largest absolute Gasteiger partial charge is 0.496 e. The molecular weight excluding hydrogens is 368 g/mol. The van der Waals surface area contributed by atoms with Crippen molar-refractivity contribution in [1.82, 2.24) is 4.72 Å². The van der Waals surface area contributed by atoms with E-state index in [9.17, 15) is 13.2 Å². The third kappa shape index (κ3) is 5.21. The average molecular weight is 392 g/mol. The van der Waals surface area contributed by atoms with Gasteiger partial charge >= 0.3 is 0 Å². The molecule has 0 aliphatic heterocycles. The van der Waals surface area contributed by atoms with Crippen molar-refractivity contribution in [3.8, 4) is 11.5 Å². The lowest BCUT2D eigenvalue weighted by atomic mass is 10.1. The summed E-state index contributed by atoms with van der Waals surface area (Å²) in [6, 6.07) is 10.1. The van der Waals surface area contributed by atoms with Gasteiger partial charge in [-0.25, -0.2) is 13.1 Å². The molecule has 27 heavy (non-hydrogen) atoms. The number of amides is 1. The zero-order chi connectivity index (χ0) is 20.0. The summed E-state index contributed by atoms with van der Waals surface area (Å²) in [4.78, 5) is 12.3. The fourth-order valence-corrected chi connectivity index (χ4v) is 3.85. The van der Waals surface area contributed by atoms with Gasteiger partial charge in [-0.15, -0.1) is 0 Å². The molecule has 7 nitrogen and oxygen atoms in total. The van der Waals surface area contributed by atoms with Gasteiger partial charge in [0.05, 0.1) is 30.8 Å². The first-order valence-corrected chi connectivity index (χ1v) is 9.93. The summed E-state index contributed by atoms with van der Waals surface area (Å²) in [5.41, 5.74) is 1.71. The zero-order valence-electron chi connectivity index (χ0n) is 15.8. The molecule has 0 spiro atoms. The van der Waals surface area contributed by atoms with Gasteiger partial charge in [0.15, 0.2) is 0 Å². The molecule has 8 heteroatoms. The van der Waals surface area contributed by atoms with Gasteiger partial charge in [-0.05, 0) is 56.2 Å². The molecule has 0 saturated heterocycles. The van der Waals surface area contributed by atoms with Crippen LogP contribution >= 0.6 is 0 Å². The molecule has 0 radical (unpaired) electrons. The molecule has 2 aromatic rings. The lowest BCUT2D eigenvalue weighted by Crippen LogP contribution is -2.33. The second kappa shape index (κ2) is 8.88. The number of ether oxygens (including phenoxy) is 2. The van der Waals surface area contributed by atoms with E-state index in [-0.39, 0.29) is 4.90 Å². The molecule has 0 heterocycles. The molecular formula is C19H24N2O5S. The smallest absolute Gasteiger partial charge is 0.241 e. The van der Waals surface area contributed by atoms with Crippen molar-refractivity contribution in [1.29, 1.82) is 0 Å². The third-order valence-corrected chi connectivity index (χ3v) is 5.41. The maximum Gasteiger partial charge on any atom is 0.241 e. The Labute approximate surface area is 159 Å². The van der Waals surface area contributed by atoms with E-state index in [1.165, 1.54) is 13.2 Å². The van der Waals surface area contributed by atoms with Gasteiger partial charge in [0.1, 0.15) is 11.5 Å². The van der Waals surface area contributed by atoms with Crippen LogP contribution in [-0.4, -0.2) is 34.6 Å². The summed E-state index contributed by atoms with van der Waals surface area (Å²) in [6.07, 6.45) is 0. The molecule has 0 atom stereocenters. The van der Waals surface area contributed by atoms with Crippen molar-refractivity contribution in [2.75, 3.05) is 25.6 Å². The number of rotatable bonds is 8. The van der Waals surface area contributed by atoms with Crippen molar-refractivity contribution in [2.45, 2.75) is 25.7 Å². The van der Waals surface area contributed by atoms with E-state index in [2.05, 4.69) is 10.0 Å². The average Bonchev–Trinajstić information content (AvgIpc) is 2.63. The quantitative estimate of drug-likeness (QED) is 0.720. The molecule has 2 N–H and O–H groups in total. The van der Waals surface area contributed by atoms with Crippen LogP contribution in [0.15, 0.2) is 41.3 Å². The molecule has 0 saturated carbocycles. The van der Waals surface area contributed by atoms with Crippen molar-refractivity contribution < 1.29 is 22.7 Å². The Balaban J connectivity index is 2.09. The molecule has 0 bridgehead atoms. The molecule has 0 fully saturated rings. The lowest BCUT2D eigenvalue weighted by molar-refractivity contribution is -0.115. The van der Waals surface area contributed by atoms with Crippen LogP contribution in [0.25, 0.3) is 0 Å². The second-order valence-corrected chi connectivity index (χ2v) is 7.62. The van der Waals surface area contributed by atoms with Crippen LogP contribution in [0.3, 0.4) is 0 Å². The summed E-state index contributed by atoms with van der Waals surface area (Å²) < 4.78 is 38.1. The minimum absolute atomic E-state index is 0.114. The number of hydrogen-bond donors (Lipinski definition) is 2. The zero-order valence-corrected chi connectivity index (χ0v) is 16.6. The first-order chi connectivity index (χ1) is 12.8. The summed E-state index contributed by atoms with van der Waals surface area (Å²) in [5, 5.41) is 2.65. The van der Waals surface area contributed by atoms with Gasteiger partial charge < -0.3 is 14.8 Å². The number of carbonyl (C=O) groups is 1. The van der Waals surface area contributed by atoms with E-state index >= 15 is 0 Å². The van der Waals surface area contributed by atoms with E-state index < -0.39 is 22.5 Å². The van der Waals surface area contributed by atoms with Gasteiger partial charge in [-0.3, -0.25) is 4.79 Å². The van der Waals surface area contributed by atoms with Crippen LogP contribution in [0.2, 0.25) is 0 Å². The first-order valence-electron chi connectivity index (χ1n) is 8.45. The van der Waals surface area contributed by atoms with Crippen LogP contribution in [0.1, 0.15) is 18.1 Å². The molecule has 146 valence electrons. The van der Waals surface area contributed by atoms with Crippen LogP contribution < -0.4 is 19.5 Å². The Hall–Kier alpha value is -2.58. The number of methoxy groups -OCH3 is 1. The molecule has 0 aliphatic rings. The highest BCUT2D eigenvalue weighted by Crippen LogP contribution is 2.26. The molecule has 0 aromatic heterocycles. The minimum Gasteiger partial charge on any atom is -0.496 e. The maximum absolute atomic E-state index is 12.6. The predicted octanol–water partition coefficient (Wildman–Crippen LogP) is 2.63. The highest BCUT2D eigenvalue weighted by atomic mass is 32.2. The highest BCUT2D eigenvalue weighted by molar-refractivity contribution is 7.89. The topological polar surface area (TPSA) is 93.7 Å². The van der Waals surface area contributed by atoms with Crippen LogP contribution in [0.4, 0.5) is 5.69 Å². The highest BCUT2D eigenvalue weighted by Gasteiger charge is 2.20. The van der Waals surface area contributed by atoms with Gasteiger partial charge in [0.25, 0.3) is 0 Å².